The number of nitrogens with zero attached hydrogens (tertiary/aromatic N) is 2. The van der Waals surface area contributed by atoms with Gasteiger partial charge in [-0.25, -0.2) is 4.79 Å². The molecule has 2 aliphatic carbocycles. The SMILES string of the molecule is CCc1ccccc1N=C[C@@H]1C(=O)NC(=O)N([C@@H]2C[C@H]3CC[C@H]2C3)C1=O. The molecule has 2 bridgehead atoms. The number of imide groups is 2. The van der Waals surface area contributed by atoms with Gasteiger partial charge in [0.05, 0.1) is 5.69 Å². The van der Waals surface area contributed by atoms with Gasteiger partial charge in [-0.3, -0.25) is 24.8 Å². The molecule has 1 N–H and O–H groups in total. The molecule has 0 radical (unpaired) electrons. The van der Waals surface area contributed by atoms with Gasteiger partial charge in [-0.15, -0.1) is 0 Å². The number of aliphatic imine (C=N–C) groups is 1. The van der Waals surface area contributed by atoms with Crippen molar-refractivity contribution in [2.45, 2.75) is 45.1 Å². The fraction of sp³-hybridized carbons (Fsp3) is 0.500. The molecule has 0 aromatic heterocycles. The first-order chi connectivity index (χ1) is 12.6. The smallest absolute Gasteiger partial charge is 0.277 e. The van der Waals surface area contributed by atoms with Crippen LogP contribution < -0.4 is 5.32 Å². The standard InChI is InChI=1S/C20H23N3O3/c1-2-13-5-3-4-6-16(13)21-11-15-18(24)22-20(26)23(19(15)25)17-10-12-7-8-14(17)9-12/h3-6,11-12,14-15,17H,2,7-10H2,1H3,(H,22,24,26)/t12-,14-,15+,17+/m0/s1. The molecule has 4 amide bonds. The number of nitrogens with one attached hydrogen (secondary N) is 1. The molecule has 2 saturated carbocycles. The molecule has 1 aromatic rings. The van der Waals surface area contributed by atoms with Gasteiger partial charge < -0.3 is 0 Å². The maximum absolute atomic E-state index is 12.9. The molecule has 6 heteroatoms. The van der Waals surface area contributed by atoms with E-state index in [0.717, 1.165) is 36.9 Å². The van der Waals surface area contributed by atoms with Crippen LogP contribution in [-0.2, 0) is 16.0 Å². The highest BCUT2D eigenvalue weighted by atomic mass is 16.2. The zero-order valence-electron chi connectivity index (χ0n) is 14.9. The third kappa shape index (κ3) is 2.83. The lowest BCUT2D eigenvalue weighted by Crippen LogP contribution is -2.62. The number of amides is 4. The summed E-state index contributed by atoms with van der Waals surface area (Å²) in [6, 6.07) is 7.00. The summed E-state index contributed by atoms with van der Waals surface area (Å²) < 4.78 is 0. The van der Waals surface area contributed by atoms with Crippen LogP contribution in [0.4, 0.5) is 10.5 Å². The number of para-hydroxylation sites is 1. The van der Waals surface area contributed by atoms with Gasteiger partial charge >= 0.3 is 6.03 Å². The van der Waals surface area contributed by atoms with Crippen molar-refractivity contribution in [2.24, 2.45) is 22.7 Å². The number of benzene rings is 1. The first kappa shape index (κ1) is 16.9. The molecule has 4 atom stereocenters. The Labute approximate surface area is 152 Å². The molecular formula is C20H23N3O3. The van der Waals surface area contributed by atoms with E-state index >= 15 is 0 Å². The molecule has 1 aromatic carbocycles. The number of hydrogen-bond donors (Lipinski definition) is 1. The highest BCUT2D eigenvalue weighted by molar-refractivity contribution is 6.23. The quantitative estimate of drug-likeness (QED) is 0.668. The van der Waals surface area contributed by atoms with Crippen LogP contribution in [0.2, 0.25) is 0 Å². The van der Waals surface area contributed by atoms with Crippen molar-refractivity contribution in [1.82, 2.24) is 10.2 Å². The molecule has 0 unspecified atom stereocenters. The summed E-state index contributed by atoms with van der Waals surface area (Å²) in [5.41, 5.74) is 1.80. The predicted molar refractivity (Wildman–Crippen MR) is 97.1 cm³/mol. The Morgan fingerprint density at radius 3 is 2.69 bits per heavy atom. The maximum atomic E-state index is 12.9. The molecule has 3 aliphatic rings. The molecule has 0 spiro atoms. The van der Waals surface area contributed by atoms with Crippen LogP contribution in [-0.4, -0.2) is 35.0 Å². The number of rotatable bonds is 4. The average molecular weight is 353 g/mol. The fourth-order valence-corrected chi connectivity index (χ4v) is 4.67. The number of aryl methyl sites for hydroxylation is 1. The number of fused-ring (bicyclic) bond motifs is 2. The minimum Gasteiger partial charge on any atom is -0.277 e. The van der Waals surface area contributed by atoms with Crippen molar-refractivity contribution < 1.29 is 14.4 Å². The summed E-state index contributed by atoms with van der Waals surface area (Å²) in [4.78, 5) is 43.2. The molecular weight excluding hydrogens is 330 g/mol. The van der Waals surface area contributed by atoms with Crippen molar-refractivity contribution in [3.05, 3.63) is 29.8 Å². The van der Waals surface area contributed by atoms with Gasteiger partial charge in [-0.2, -0.15) is 0 Å². The van der Waals surface area contributed by atoms with Crippen molar-refractivity contribution >= 4 is 29.7 Å². The molecule has 6 nitrogen and oxygen atoms in total. The van der Waals surface area contributed by atoms with Gasteiger partial charge in [0.2, 0.25) is 11.8 Å². The molecule has 136 valence electrons. The van der Waals surface area contributed by atoms with Crippen LogP contribution in [0.3, 0.4) is 0 Å². The summed E-state index contributed by atoms with van der Waals surface area (Å²) in [5, 5.41) is 2.35. The van der Waals surface area contributed by atoms with E-state index in [1.807, 2.05) is 31.2 Å². The largest absolute Gasteiger partial charge is 0.331 e. The Balaban J connectivity index is 1.57. The highest BCUT2D eigenvalue weighted by Gasteiger charge is 2.50. The van der Waals surface area contributed by atoms with E-state index in [-0.39, 0.29) is 6.04 Å². The Morgan fingerprint density at radius 2 is 2.00 bits per heavy atom. The van der Waals surface area contributed by atoms with Crippen molar-refractivity contribution in [1.29, 1.82) is 0 Å². The molecule has 1 heterocycles. The summed E-state index contributed by atoms with van der Waals surface area (Å²) >= 11 is 0. The summed E-state index contributed by atoms with van der Waals surface area (Å²) in [6.45, 7) is 2.03. The van der Waals surface area contributed by atoms with Crippen LogP contribution >= 0.6 is 0 Å². The van der Waals surface area contributed by atoms with Gasteiger partial charge in [0, 0.05) is 12.3 Å². The second kappa shape index (κ2) is 6.67. The zero-order chi connectivity index (χ0) is 18.3. The lowest BCUT2D eigenvalue weighted by atomic mass is 9.92. The molecule has 1 saturated heterocycles. The van der Waals surface area contributed by atoms with E-state index in [9.17, 15) is 14.4 Å². The van der Waals surface area contributed by atoms with Gasteiger partial charge in [-0.05, 0) is 49.1 Å². The minimum absolute atomic E-state index is 0.0758. The zero-order valence-corrected chi connectivity index (χ0v) is 14.9. The Morgan fingerprint density at radius 1 is 1.19 bits per heavy atom. The van der Waals surface area contributed by atoms with Crippen LogP contribution in [0.5, 0.6) is 0 Å². The topological polar surface area (TPSA) is 78.8 Å². The second-order valence-corrected chi connectivity index (χ2v) is 7.48. The summed E-state index contributed by atoms with van der Waals surface area (Å²) in [7, 11) is 0. The Kier molecular flexibility index (Phi) is 4.34. The number of urea groups is 1. The lowest BCUT2D eigenvalue weighted by molar-refractivity contribution is -0.141. The van der Waals surface area contributed by atoms with E-state index in [0.29, 0.717) is 11.8 Å². The average Bonchev–Trinajstić information content (AvgIpc) is 3.25. The van der Waals surface area contributed by atoms with E-state index in [1.165, 1.54) is 17.5 Å². The first-order valence-electron chi connectivity index (χ1n) is 9.38. The summed E-state index contributed by atoms with van der Waals surface area (Å²) in [6.07, 6.45) is 6.39. The van der Waals surface area contributed by atoms with Crippen molar-refractivity contribution in [3.8, 4) is 0 Å². The lowest BCUT2D eigenvalue weighted by Gasteiger charge is -2.36. The second-order valence-electron chi connectivity index (χ2n) is 7.48. The van der Waals surface area contributed by atoms with Gasteiger partial charge in [-0.1, -0.05) is 31.5 Å². The number of carbonyl (C=O) groups excluding carboxylic acids is 3. The van der Waals surface area contributed by atoms with Gasteiger partial charge in [0.25, 0.3) is 0 Å². The van der Waals surface area contributed by atoms with Crippen molar-refractivity contribution in [2.75, 3.05) is 0 Å². The Bertz CT molecular complexity index is 788. The fourth-order valence-electron chi connectivity index (χ4n) is 4.67. The van der Waals surface area contributed by atoms with Crippen LogP contribution in [0.25, 0.3) is 0 Å². The molecule has 1 aliphatic heterocycles. The molecule has 3 fully saturated rings. The van der Waals surface area contributed by atoms with Gasteiger partial charge in [0.1, 0.15) is 0 Å². The van der Waals surface area contributed by atoms with Crippen LogP contribution in [0, 0.1) is 17.8 Å². The van der Waals surface area contributed by atoms with E-state index in [4.69, 9.17) is 0 Å². The monoisotopic (exact) mass is 353 g/mol. The molecule has 26 heavy (non-hydrogen) atoms. The Hall–Kier alpha value is -2.50. The normalized spacial score (nSPS) is 31.1. The predicted octanol–water partition coefficient (Wildman–Crippen LogP) is 2.83. The van der Waals surface area contributed by atoms with E-state index in [2.05, 4.69) is 10.3 Å². The van der Waals surface area contributed by atoms with E-state index in [1.54, 1.807) is 0 Å². The number of barbiturate groups is 1. The maximum Gasteiger partial charge on any atom is 0.331 e. The number of hydrogen-bond acceptors (Lipinski definition) is 4. The summed E-state index contributed by atoms with van der Waals surface area (Å²) in [5.74, 6) is -1.09. The highest BCUT2D eigenvalue weighted by Crippen LogP contribution is 2.47. The third-order valence-corrected chi connectivity index (χ3v) is 6.00. The number of carbonyl (C=O) groups is 3. The third-order valence-electron chi connectivity index (χ3n) is 6.00. The van der Waals surface area contributed by atoms with E-state index < -0.39 is 23.8 Å². The van der Waals surface area contributed by atoms with Crippen molar-refractivity contribution in [3.63, 3.8) is 0 Å². The van der Waals surface area contributed by atoms with Crippen LogP contribution in [0.1, 0.15) is 38.2 Å². The first-order valence-corrected chi connectivity index (χ1v) is 9.38. The minimum atomic E-state index is -1.04. The van der Waals surface area contributed by atoms with Gasteiger partial charge in [0.15, 0.2) is 5.92 Å². The molecule has 4 rings (SSSR count). The van der Waals surface area contributed by atoms with Crippen LogP contribution in [0.15, 0.2) is 29.3 Å².